The van der Waals surface area contributed by atoms with Crippen molar-refractivity contribution in [3.8, 4) is 47.7 Å². The molecule has 11 heteroatoms. The Morgan fingerprint density at radius 2 is 1.24 bits per heavy atom. The quantitative estimate of drug-likeness (QED) is 0.0914. The predicted molar refractivity (Wildman–Crippen MR) is 186 cm³/mol. The van der Waals surface area contributed by atoms with Crippen molar-refractivity contribution in [3.63, 3.8) is 0 Å². The highest BCUT2D eigenvalue weighted by Crippen LogP contribution is 2.29. The summed E-state index contributed by atoms with van der Waals surface area (Å²) >= 11 is 0. The fourth-order valence-corrected chi connectivity index (χ4v) is 3.60. The van der Waals surface area contributed by atoms with Crippen LogP contribution in [0.4, 0.5) is 20.2 Å². The average molecular weight is 669 g/mol. The van der Waals surface area contributed by atoms with Gasteiger partial charge in [0.2, 0.25) is 5.91 Å². The van der Waals surface area contributed by atoms with Crippen LogP contribution in [0.5, 0.6) is 23.0 Å². The predicted octanol–water partition coefficient (Wildman–Crippen LogP) is 6.71. The fraction of sp³-hybridized carbons (Fsp3) is 0.105. The smallest absolute Gasteiger partial charge is 0.328 e. The van der Waals surface area contributed by atoms with E-state index < -0.39 is 17.7 Å². The lowest BCUT2D eigenvalue weighted by atomic mass is 10.2. The molecule has 0 aliphatic heterocycles. The first-order valence-electron chi connectivity index (χ1n) is 14.2. The van der Waals surface area contributed by atoms with Crippen LogP contribution < -0.4 is 30.0 Å². The van der Waals surface area contributed by atoms with Crippen LogP contribution in [-0.2, 0) is 9.59 Å². The highest BCUT2D eigenvalue weighted by molar-refractivity contribution is 6.02. The van der Waals surface area contributed by atoms with Crippen LogP contribution in [0.2, 0.25) is 0 Å². The van der Waals surface area contributed by atoms with Crippen molar-refractivity contribution in [1.82, 2.24) is 0 Å². The van der Waals surface area contributed by atoms with Gasteiger partial charge in [0, 0.05) is 12.2 Å². The molecular formula is C38H34F2N2O7. The summed E-state index contributed by atoms with van der Waals surface area (Å²) in [5.41, 5.74) is 6.91. The maximum Gasteiger partial charge on any atom is 0.328 e. The van der Waals surface area contributed by atoms with Gasteiger partial charge in [0.05, 0.1) is 25.6 Å². The van der Waals surface area contributed by atoms with Crippen molar-refractivity contribution in [2.45, 2.75) is 0 Å². The normalized spacial score (nSPS) is 9.92. The van der Waals surface area contributed by atoms with Crippen LogP contribution in [0.25, 0.3) is 12.2 Å². The summed E-state index contributed by atoms with van der Waals surface area (Å²) in [6, 6.07) is 22.3. The van der Waals surface area contributed by atoms with E-state index in [1.807, 2.05) is 0 Å². The number of halogens is 2. The van der Waals surface area contributed by atoms with Crippen molar-refractivity contribution in [1.29, 1.82) is 0 Å². The van der Waals surface area contributed by atoms with E-state index in [4.69, 9.17) is 42.6 Å². The third-order valence-electron chi connectivity index (χ3n) is 5.88. The number of aliphatic carboxylic acids is 1. The van der Waals surface area contributed by atoms with Crippen molar-refractivity contribution in [3.05, 3.63) is 120 Å². The van der Waals surface area contributed by atoms with Crippen molar-refractivity contribution in [2.75, 3.05) is 38.5 Å². The van der Waals surface area contributed by atoms with Gasteiger partial charge in [-0.3, -0.25) is 4.79 Å². The molecular weight excluding hydrogens is 634 g/mol. The van der Waals surface area contributed by atoms with Crippen LogP contribution in [0.1, 0.15) is 11.1 Å². The van der Waals surface area contributed by atoms with Gasteiger partial charge < -0.3 is 35.1 Å². The van der Waals surface area contributed by atoms with Gasteiger partial charge in [0.25, 0.3) is 0 Å². The zero-order valence-electron chi connectivity index (χ0n) is 26.7. The van der Waals surface area contributed by atoms with E-state index in [-0.39, 0.29) is 30.4 Å². The molecule has 0 saturated carbocycles. The molecule has 0 atom stereocenters. The number of anilines is 2. The second kappa shape index (κ2) is 21.1. The molecule has 0 aromatic heterocycles. The molecule has 0 bridgehead atoms. The zero-order valence-corrected chi connectivity index (χ0v) is 26.7. The van der Waals surface area contributed by atoms with E-state index in [2.05, 4.69) is 17.2 Å². The number of terminal acetylenes is 2. The van der Waals surface area contributed by atoms with Gasteiger partial charge in [0.1, 0.15) is 24.8 Å². The Kier molecular flexibility index (Phi) is 16.6. The molecule has 0 unspecified atom stereocenters. The summed E-state index contributed by atoms with van der Waals surface area (Å²) < 4.78 is 46.6. The number of amides is 1. The van der Waals surface area contributed by atoms with Crippen LogP contribution in [0, 0.1) is 36.3 Å². The van der Waals surface area contributed by atoms with Crippen LogP contribution >= 0.6 is 0 Å². The highest BCUT2D eigenvalue weighted by atomic mass is 19.1. The second-order valence-corrected chi connectivity index (χ2v) is 9.30. The number of carboxylic acids is 1. The van der Waals surface area contributed by atoms with Crippen LogP contribution in [0.3, 0.4) is 0 Å². The van der Waals surface area contributed by atoms with E-state index in [9.17, 15) is 18.4 Å². The number of carbonyl (C=O) groups excluding carboxylic acids is 1. The number of methoxy groups -OCH3 is 2. The lowest BCUT2D eigenvalue weighted by Gasteiger charge is -2.09. The number of hydrogen-bond donors (Lipinski definition) is 3. The molecule has 0 spiro atoms. The molecule has 0 radical (unpaired) electrons. The molecule has 1 amide bonds. The number of carbonyl (C=O) groups is 2. The summed E-state index contributed by atoms with van der Waals surface area (Å²) in [5.74, 6) is 4.49. The Hall–Kier alpha value is -6.72. The second-order valence-electron chi connectivity index (χ2n) is 9.30. The Morgan fingerprint density at radius 3 is 1.67 bits per heavy atom. The SMILES string of the molecule is C#CCOc1ccc(/C=C/C(=O)Nc2ccccc2F)cc1OC.C#CCOc1ccc(/C=C/C(=O)O)cc1OC.Nc1ccccc1F. The van der Waals surface area contributed by atoms with Crippen LogP contribution in [-0.4, -0.2) is 44.4 Å². The number of ether oxygens (including phenoxy) is 4. The molecule has 0 fully saturated rings. The molecule has 0 heterocycles. The number of benzene rings is 4. The standard InChI is InChI=1S/C19H16FNO3.C13H12O4.C6H6FN/c1-3-12-24-17-10-8-14(13-18(17)23-2)9-11-19(22)21-16-7-5-4-6-15(16)20;1-3-8-17-11-6-4-10(5-7-13(14)15)9-12(11)16-2;7-5-3-1-2-4-6(5)8/h1,4-11,13H,12H2,2H3,(H,21,22);1,4-7,9H,8H2,2H3,(H,14,15);1-4H,8H2/b11-9+;7-5+;. The van der Waals surface area contributed by atoms with Crippen molar-refractivity contribution < 1.29 is 42.4 Å². The lowest BCUT2D eigenvalue weighted by molar-refractivity contribution is -0.131. The molecule has 9 nitrogen and oxygen atoms in total. The molecule has 4 aromatic carbocycles. The minimum atomic E-state index is -1.00. The Morgan fingerprint density at radius 1 is 0.755 bits per heavy atom. The topological polar surface area (TPSA) is 129 Å². The summed E-state index contributed by atoms with van der Waals surface area (Å²) in [4.78, 5) is 22.2. The minimum absolute atomic E-state index is 0.128. The summed E-state index contributed by atoms with van der Waals surface area (Å²) in [6.45, 7) is 0.289. The molecule has 49 heavy (non-hydrogen) atoms. The van der Waals surface area contributed by atoms with Crippen LogP contribution in [0.15, 0.2) is 97.1 Å². The molecule has 0 aliphatic rings. The molecule has 252 valence electrons. The van der Waals surface area contributed by atoms with Gasteiger partial charge >= 0.3 is 5.97 Å². The first-order chi connectivity index (χ1) is 23.6. The first kappa shape index (κ1) is 38.5. The van der Waals surface area contributed by atoms with Gasteiger partial charge in [-0.1, -0.05) is 48.2 Å². The fourth-order valence-electron chi connectivity index (χ4n) is 3.60. The largest absolute Gasteiger partial charge is 0.493 e. The minimum Gasteiger partial charge on any atom is -0.493 e. The number of hydrogen-bond acceptors (Lipinski definition) is 7. The van der Waals surface area contributed by atoms with Gasteiger partial charge in [-0.05, 0) is 71.8 Å². The first-order valence-corrected chi connectivity index (χ1v) is 14.2. The number of nitrogens with one attached hydrogen (secondary N) is 1. The van der Waals surface area contributed by atoms with E-state index >= 15 is 0 Å². The molecule has 0 aliphatic carbocycles. The van der Waals surface area contributed by atoms with Gasteiger partial charge in [0.15, 0.2) is 23.0 Å². The van der Waals surface area contributed by atoms with E-state index in [1.165, 1.54) is 50.6 Å². The van der Waals surface area contributed by atoms with Gasteiger partial charge in [-0.15, -0.1) is 12.8 Å². The van der Waals surface area contributed by atoms with Gasteiger partial charge in [-0.2, -0.15) is 0 Å². The summed E-state index contributed by atoms with van der Waals surface area (Å²) in [6.07, 6.45) is 15.7. The van der Waals surface area contributed by atoms with Crippen molar-refractivity contribution in [2.24, 2.45) is 0 Å². The zero-order chi connectivity index (χ0) is 36.0. The summed E-state index contributed by atoms with van der Waals surface area (Å²) in [5, 5.41) is 11.0. The average Bonchev–Trinajstić information content (AvgIpc) is 3.11. The molecule has 4 rings (SSSR count). The summed E-state index contributed by atoms with van der Waals surface area (Å²) in [7, 11) is 3.01. The maximum atomic E-state index is 13.5. The third-order valence-corrected chi connectivity index (χ3v) is 5.88. The molecule has 4 aromatic rings. The van der Waals surface area contributed by atoms with Crippen molar-refractivity contribution >= 4 is 35.4 Å². The number of nitrogen functional groups attached to an aromatic ring is 1. The Labute approximate surface area is 283 Å². The number of para-hydroxylation sites is 2. The number of carboxylic acid groups (broad SMARTS) is 1. The Balaban J connectivity index is 0.000000288. The monoisotopic (exact) mass is 668 g/mol. The number of rotatable bonds is 11. The third kappa shape index (κ3) is 14.1. The molecule has 0 saturated heterocycles. The Bertz CT molecular complexity index is 1820. The maximum absolute atomic E-state index is 13.5. The van der Waals surface area contributed by atoms with E-state index in [0.29, 0.717) is 28.6 Å². The van der Waals surface area contributed by atoms with E-state index in [0.717, 1.165) is 11.6 Å². The van der Waals surface area contributed by atoms with E-state index in [1.54, 1.807) is 66.7 Å². The number of nitrogens with two attached hydrogens (primary N) is 1. The molecule has 4 N–H and O–H groups in total. The highest BCUT2D eigenvalue weighted by Gasteiger charge is 2.06. The van der Waals surface area contributed by atoms with Gasteiger partial charge in [-0.25, -0.2) is 13.6 Å². The lowest BCUT2D eigenvalue weighted by Crippen LogP contribution is -2.09.